The number of hydrazone groups is 1. The second kappa shape index (κ2) is 9.84. The molecule has 2 N–H and O–H groups in total. The largest absolute Gasteiger partial charge is 0.497 e. The van der Waals surface area contributed by atoms with Crippen molar-refractivity contribution >= 4 is 29.2 Å². The minimum atomic E-state index is -0.311. The molecule has 4 rings (SSSR count). The van der Waals surface area contributed by atoms with E-state index in [2.05, 4.69) is 15.8 Å². The number of ether oxygens (including phenoxy) is 1. The zero-order valence-corrected chi connectivity index (χ0v) is 18.0. The van der Waals surface area contributed by atoms with E-state index >= 15 is 0 Å². The molecule has 1 heterocycles. The van der Waals surface area contributed by atoms with Gasteiger partial charge in [-0.3, -0.25) is 5.43 Å². The van der Waals surface area contributed by atoms with E-state index in [1.807, 2.05) is 60.8 Å². The van der Waals surface area contributed by atoms with Crippen molar-refractivity contribution in [1.29, 1.82) is 0 Å². The summed E-state index contributed by atoms with van der Waals surface area (Å²) in [5.74, 6) is 0.458. The number of methoxy groups -OCH3 is 1. The maximum absolute atomic E-state index is 13.0. The maximum atomic E-state index is 13.0. The van der Waals surface area contributed by atoms with Gasteiger partial charge in [0.2, 0.25) is 0 Å². The van der Waals surface area contributed by atoms with Gasteiger partial charge in [-0.1, -0.05) is 18.2 Å². The number of hydrogen-bond donors (Lipinski definition) is 2. The number of anilines is 1. The summed E-state index contributed by atoms with van der Waals surface area (Å²) in [7, 11) is 1.63. The smallest absolute Gasteiger partial charge is 0.191 e. The van der Waals surface area contributed by atoms with Gasteiger partial charge in [0.25, 0.3) is 0 Å². The lowest BCUT2D eigenvalue weighted by molar-refractivity contribution is 0.415. The first-order valence-corrected chi connectivity index (χ1v) is 10.2. The number of nitrogens with one attached hydrogen (secondary N) is 2. The van der Waals surface area contributed by atoms with Gasteiger partial charge in [0, 0.05) is 23.0 Å². The molecule has 0 aliphatic heterocycles. The fourth-order valence-electron chi connectivity index (χ4n) is 3.02. The highest BCUT2D eigenvalue weighted by molar-refractivity contribution is 7.80. The lowest BCUT2D eigenvalue weighted by atomic mass is 10.1. The molecule has 0 radical (unpaired) electrons. The van der Waals surface area contributed by atoms with Crippen molar-refractivity contribution in [3.8, 4) is 22.7 Å². The van der Waals surface area contributed by atoms with Crippen molar-refractivity contribution in [3.05, 3.63) is 96.4 Å². The van der Waals surface area contributed by atoms with E-state index < -0.39 is 0 Å². The van der Waals surface area contributed by atoms with E-state index in [0.29, 0.717) is 5.69 Å². The molecule has 8 heteroatoms. The predicted molar refractivity (Wildman–Crippen MR) is 129 cm³/mol. The van der Waals surface area contributed by atoms with E-state index in [1.54, 1.807) is 30.1 Å². The topological polar surface area (TPSA) is 63.5 Å². The van der Waals surface area contributed by atoms with Gasteiger partial charge in [0.1, 0.15) is 17.3 Å². The van der Waals surface area contributed by atoms with Crippen molar-refractivity contribution in [2.45, 2.75) is 0 Å². The van der Waals surface area contributed by atoms with Crippen LogP contribution >= 0.6 is 12.2 Å². The van der Waals surface area contributed by atoms with Crippen LogP contribution in [0, 0.1) is 5.82 Å². The third-order valence-electron chi connectivity index (χ3n) is 4.60. The van der Waals surface area contributed by atoms with Gasteiger partial charge in [-0.2, -0.15) is 10.2 Å². The number of para-hydroxylation sites is 1. The van der Waals surface area contributed by atoms with Crippen molar-refractivity contribution in [1.82, 2.24) is 15.2 Å². The quantitative estimate of drug-likeness (QED) is 0.248. The minimum absolute atomic E-state index is 0.286. The third-order valence-corrected chi connectivity index (χ3v) is 4.79. The summed E-state index contributed by atoms with van der Waals surface area (Å²) in [6.45, 7) is 0. The van der Waals surface area contributed by atoms with E-state index in [-0.39, 0.29) is 10.9 Å². The summed E-state index contributed by atoms with van der Waals surface area (Å²) in [6, 6.07) is 23.4. The van der Waals surface area contributed by atoms with Crippen LogP contribution < -0.4 is 15.5 Å². The molecular formula is C24H20FN5OS. The Balaban J connectivity index is 1.56. The number of halogens is 1. The summed E-state index contributed by atoms with van der Waals surface area (Å²) in [5, 5.41) is 12.2. The molecule has 32 heavy (non-hydrogen) atoms. The average Bonchev–Trinajstić information content (AvgIpc) is 3.25. The molecule has 0 spiro atoms. The lowest BCUT2D eigenvalue weighted by Crippen LogP contribution is -2.23. The molecule has 3 aromatic carbocycles. The molecule has 1 aromatic heterocycles. The molecule has 4 aromatic rings. The Morgan fingerprint density at radius 1 is 1.03 bits per heavy atom. The Morgan fingerprint density at radius 2 is 1.75 bits per heavy atom. The lowest BCUT2D eigenvalue weighted by Gasteiger charge is -2.06. The second-order valence-corrected chi connectivity index (χ2v) is 7.18. The number of nitrogens with zero attached hydrogens (tertiary/aromatic N) is 3. The van der Waals surface area contributed by atoms with Crippen LogP contribution in [0.3, 0.4) is 0 Å². The fraction of sp³-hybridized carbons (Fsp3) is 0.0417. The molecule has 0 aliphatic carbocycles. The minimum Gasteiger partial charge on any atom is -0.497 e. The summed E-state index contributed by atoms with van der Waals surface area (Å²) >= 11 is 5.26. The monoisotopic (exact) mass is 445 g/mol. The predicted octanol–water partition coefficient (Wildman–Crippen LogP) is 5.01. The Bertz CT molecular complexity index is 1220. The van der Waals surface area contributed by atoms with Crippen LogP contribution in [0.25, 0.3) is 16.9 Å². The van der Waals surface area contributed by atoms with Crippen LogP contribution in [0.2, 0.25) is 0 Å². The summed E-state index contributed by atoms with van der Waals surface area (Å²) in [5.41, 5.74) is 6.87. The van der Waals surface area contributed by atoms with Crippen molar-refractivity contribution in [2.75, 3.05) is 12.4 Å². The SMILES string of the molecule is COc1ccc(-c2nn(-c3ccccc3)cc2C=NNC(=S)Nc2ccc(F)cc2)cc1. The first-order chi connectivity index (χ1) is 15.6. The Morgan fingerprint density at radius 3 is 2.44 bits per heavy atom. The van der Waals surface area contributed by atoms with Gasteiger partial charge in [0.05, 0.1) is 19.0 Å². The zero-order chi connectivity index (χ0) is 22.3. The summed E-state index contributed by atoms with van der Waals surface area (Å²) in [6.07, 6.45) is 3.56. The second-order valence-electron chi connectivity index (χ2n) is 6.77. The van der Waals surface area contributed by atoms with E-state index in [0.717, 1.165) is 28.3 Å². The third kappa shape index (κ3) is 5.16. The Hall–Kier alpha value is -4.04. The van der Waals surface area contributed by atoms with Crippen LogP contribution in [-0.2, 0) is 0 Å². The fourth-order valence-corrected chi connectivity index (χ4v) is 3.19. The Labute approximate surface area is 190 Å². The molecule has 0 saturated heterocycles. The van der Waals surface area contributed by atoms with E-state index in [1.165, 1.54) is 12.1 Å². The molecule has 0 aliphatic rings. The standard InChI is InChI=1S/C24H20FN5OS/c1-31-22-13-7-17(8-14-22)23-18(16-30(29-23)21-5-3-2-4-6-21)15-26-28-24(32)27-20-11-9-19(25)10-12-20/h2-16H,1H3,(H2,27,28,32). The van der Waals surface area contributed by atoms with Gasteiger partial charge in [-0.05, 0) is 72.9 Å². The highest BCUT2D eigenvalue weighted by Crippen LogP contribution is 2.25. The summed E-state index contributed by atoms with van der Waals surface area (Å²) in [4.78, 5) is 0. The van der Waals surface area contributed by atoms with Gasteiger partial charge >= 0.3 is 0 Å². The first-order valence-electron chi connectivity index (χ1n) is 9.77. The van der Waals surface area contributed by atoms with Crippen LogP contribution in [-0.4, -0.2) is 28.2 Å². The highest BCUT2D eigenvalue weighted by atomic mass is 32.1. The van der Waals surface area contributed by atoms with Crippen LogP contribution in [0.4, 0.5) is 10.1 Å². The van der Waals surface area contributed by atoms with E-state index in [4.69, 9.17) is 22.1 Å². The summed E-state index contributed by atoms with van der Waals surface area (Å²) < 4.78 is 20.1. The number of thiocarbonyl (C=S) groups is 1. The highest BCUT2D eigenvalue weighted by Gasteiger charge is 2.11. The molecule has 0 bridgehead atoms. The molecular weight excluding hydrogens is 425 g/mol. The zero-order valence-electron chi connectivity index (χ0n) is 17.2. The van der Waals surface area contributed by atoms with Gasteiger partial charge in [-0.25, -0.2) is 9.07 Å². The number of hydrogen-bond acceptors (Lipinski definition) is 4. The number of aromatic nitrogens is 2. The van der Waals surface area contributed by atoms with Crippen LogP contribution in [0.5, 0.6) is 5.75 Å². The van der Waals surface area contributed by atoms with Crippen molar-refractivity contribution in [2.24, 2.45) is 5.10 Å². The molecule has 0 unspecified atom stereocenters. The van der Waals surface area contributed by atoms with Gasteiger partial charge in [0.15, 0.2) is 5.11 Å². The average molecular weight is 446 g/mol. The molecule has 0 amide bonds. The molecule has 0 atom stereocenters. The van der Waals surface area contributed by atoms with Gasteiger partial charge in [-0.15, -0.1) is 0 Å². The molecule has 6 nitrogen and oxygen atoms in total. The van der Waals surface area contributed by atoms with Gasteiger partial charge < -0.3 is 10.1 Å². The van der Waals surface area contributed by atoms with Crippen LogP contribution in [0.1, 0.15) is 5.56 Å². The maximum Gasteiger partial charge on any atom is 0.191 e. The Kier molecular flexibility index (Phi) is 6.52. The van der Waals surface area contributed by atoms with E-state index in [9.17, 15) is 4.39 Å². The number of rotatable bonds is 6. The van der Waals surface area contributed by atoms with Crippen LogP contribution in [0.15, 0.2) is 90.2 Å². The molecule has 0 fully saturated rings. The first kappa shape index (κ1) is 21.2. The van der Waals surface area contributed by atoms with Crippen molar-refractivity contribution in [3.63, 3.8) is 0 Å². The molecule has 160 valence electrons. The number of benzene rings is 3. The normalized spacial score (nSPS) is 10.8. The van der Waals surface area contributed by atoms with Crippen molar-refractivity contribution < 1.29 is 9.13 Å². The molecule has 0 saturated carbocycles.